The number of hydrogen-bond acceptors (Lipinski definition) is 7. The highest BCUT2D eigenvalue weighted by molar-refractivity contribution is 5.96. The molecule has 0 saturated carbocycles. The fourth-order valence-corrected chi connectivity index (χ4v) is 4.06. The number of benzene rings is 1. The van der Waals surface area contributed by atoms with Crippen molar-refractivity contribution in [1.82, 2.24) is 35.1 Å². The Morgan fingerprint density at radius 1 is 0.788 bits per heavy atom. The normalized spacial score (nSPS) is 12.6. The number of imidazole rings is 1. The highest BCUT2D eigenvalue weighted by Gasteiger charge is 2.19. The lowest BCUT2D eigenvalue weighted by atomic mass is 10.1. The Morgan fingerprint density at radius 3 is 2.70 bits per heavy atom. The molecule has 6 aromatic rings. The second kappa shape index (κ2) is 6.86. The maximum atomic E-state index is 5.53. The van der Waals surface area contributed by atoms with E-state index in [1.54, 1.807) is 24.8 Å². The van der Waals surface area contributed by atoms with Gasteiger partial charge in [-0.2, -0.15) is 5.10 Å². The molecule has 0 unspecified atom stereocenters. The van der Waals surface area contributed by atoms with Gasteiger partial charge >= 0.3 is 0 Å². The molecular formula is C24H15N7O2. The molecule has 0 bridgehead atoms. The monoisotopic (exact) mass is 433 g/mol. The first kappa shape index (κ1) is 17.8. The van der Waals surface area contributed by atoms with Gasteiger partial charge in [0.05, 0.1) is 28.4 Å². The van der Waals surface area contributed by atoms with Crippen LogP contribution < -0.4 is 9.47 Å². The third kappa shape index (κ3) is 2.83. The van der Waals surface area contributed by atoms with E-state index in [9.17, 15) is 0 Å². The van der Waals surface area contributed by atoms with Gasteiger partial charge in [0.15, 0.2) is 23.0 Å². The number of rotatable bonds is 3. The number of aromatic nitrogens is 7. The molecule has 1 aliphatic rings. The molecule has 0 saturated heterocycles. The summed E-state index contributed by atoms with van der Waals surface area (Å²) in [6.45, 7) is 0.230. The topological polar surface area (TPSA) is 114 Å². The summed E-state index contributed by atoms with van der Waals surface area (Å²) in [5.41, 5.74) is 7.38. The van der Waals surface area contributed by atoms with Gasteiger partial charge in [0.2, 0.25) is 6.79 Å². The first-order valence-corrected chi connectivity index (χ1v) is 10.3. The lowest BCUT2D eigenvalue weighted by Crippen LogP contribution is -1.92. The van der Waals surface area contributed by atoms with Gasteiger partial charge in [-0.15, -0.1) is 0 Å². The summed E-state index contributed by atoms with van der Waals surface area (Å²) in [6, 6.07) is 13.6. The lowest BCUT2D eigenvalue weighted by Gasteiger charge is -2.03. The number of pyridine rings is 3. The van der Waals surface area contributed by atoms with Crippen LogP contribution in [0.1, 0.15) is 0 Å². The molecule has 0 aliphatic carbocycles. The fraction of sp³-hybridized carbons (Fsp3) is 0.0417. The highest BCUT2D eigenvalue weighted by atomic mass is 16.7. The van der Waals surface area contributed by atoms with E-state index in [-0.39, 0.29) is 6.79 Å². The average Bonchev–Trinajstić information content (AvgIpc) is 3.60. The molecule has 2 N–H and O–H groups in total. The zero-order chi connectivity index (χ0) is 21.8. The predicted octanol–water partition coefficient (Wildman–Crippen LogP) is 4.35. The van der Waals surface area contributed by atoms with Crippen LogP contribution in [0.25, 0.3) is 56.0 Å². The number of ether oxygens (including phenoxy) is 2. The minimum absolute atomic E-state index is 0.230. The van der Waals surface area contributed by atoms with Crippen molar-refractivity contribution in [3.05, 3.63) is 67.3 Å². The number of nitrogens with zero attached hydrogens (tertiary/aromatic N) is 5. The third-order valence-electron chi connectivity index (χ3n) is 5.67. The molecule has 0 amide bonds. The molecule has 158 valence electrons. The highest BCUT2D eigenvalue weighted by Crippen LogP contribution is 2.38. The third-order valence-corrected chi connectivity index (χ3v) is 5.67. The molecule has 9 heteroatoms. The van der Waals surface area contributed by atoms with Crippen LogP contribution >= 0.6 is 0 Å². The Morgan fingerprint density at radius 2 is 1.76 bits per heavy atom. The van der Waals surface area contributed by atoms with Crippen molar-refractivity contribution in [3.63, 3.8) is 0 Å². The lowest BCUT2D eigenvalue weighted by molar-refractivity contribution is 0.174. The first-order chi connectivity index (χ1) is 16.3. The maximum Gasteiger partial charge on any atom is 0.231 e. The van der Waals surface area contributed by atoms with E-state index in [4.69, 9.17) is 19.4 Å². The van der Waals surface area contributed by atoms with Crippen LogP contribution in [0.15, 0.2) is 67.3 Å². The molecule has 6 heterocycles. The zero-order valence-electron chi connectivity index (χ0n) is 17.1. The van der Waals surface area contributed by atoms with Crippen molar-refractivity contribution >= 4 is 22.1 Å². The van der Waals surface area contributed by atoms with Gasteiger partial charge in [-0.05, 0) is 42.0 Å². The summed E-state index contributed by atoms with van der Waals surface area (Å²) in [5.74, 6) is 2.06. The Balaban J connectivity index is 1.37. The van der Waals surface area contributed by atoms with Gasteiger partial charge in [0.25, 0.3) is 0 Å². The Hall–Kier alpha value is -4.79. The van der Waals surface area contributed by atoms with Crippen molar-refractivity contribution in [2.24, 2.45) is 0 Å². The van der Waals surface area contributed by atoms with Gasteiger partial charge < -0.3 is 14.5 Å². The zero-order valence-corrected chi connectivity index (χ0v) is 17.1. The molecule has 7 rings (SSSR count). The quantitative estimate of drug-likeness (QED) is 0.426. The SMILES string of the molecule is c1cncc(-c2ccc3[nH]nc(-c4nc5c(-c6ccc7c(c6)OCO7)cncc5[nH]4)c3n2)c1. The summed E-state index contributed by atoms with van der Waals surface area (Å²) in [6.07, 6.45) is 7.08. The van der Waals surface area contributed by atoms with Crippen molar-refractivity contribution in [2.75, 3.05) is 6.79 Å². The van der Waals surface area contributed by atoms with Crippen LogP contribution in [-0.4, -0.2) is 41.9 Å². The summed E-state index contributed by atoms with van der Waals surface area (Å²) in [7, 11) is 0. The molecule has 0 atom stereocenters. The molecular weight excluding hydrogens is 418 g/mol. The van der Waals surface area contributed by atoms with E-state index in [1.165, 1.54) is 0 Å². The summed E-state index contributed by atoms with van der Waals surface area (Å²) >= 11 is 0. The molecule has 0 fully saturated rings. The van der Waals surface area contributed by atoms with Crippen LogP contribution in [0.4, 0.5) is 0 Å². The molecule has 1 aliphatic heterocycles. The minimum Gasteiger partial charge on any atom is -0.454 e. The molecule has 5 aromatic heterocycles. The Kier molecular flexibility index (Phi) is 3.71. The number of nitrogens with one attached hydrogen (secondary N) is 2. The Bertz CT molecular complexity index is 1660. The molecule has 1 aromatic carbocycles. The standard InChI is InChI=1S/C24H15N7O2/c1-2-14(9-25-7-1)16-4-5-17-22(27-16)23(31-30-17)24-28-18-11-26-10-15(21(18)29-24)13-3-6-19-20(8-13)33-12-32-19/h1-11H,12H2,(H,28,29)(H,30,31). The molecule has 9 nitrogen and oxygen atoms in total. The van der Waals surface area contributed by atoms with Crippen molar-refractivity contribution in [2.45, 2.75) is 0 Å². The smallest absolute Gasteiger partial charge is 0.231 e. The van der Waals surface area contributed by atoms with Gasteiger partial charge in [-0.25, -0.2) is 9.97 Å². The van der Waals surface area contributed by atoms with Crippen LogP contribution in [0.2, 0.25) is 0 Å². The van der Waals surface area contributed by atoms with Crippen molar-refractivity contribution in [3.8, 4) is 45.4 Å². The summed E-state index contributed by atoms with van der Waals surface area (Å²) in [5, 5.41) is 7.54. The molecule has 33 heavy (non-hydrogen) atoms. The van der Waals surface area contributed by atoms with Crippen LogP contribution in [0.3, 0.4) is 0 Å². The number of H-pyrrole nitrogens is 2. The second-order valence-electron chi connectivity index (χ2n) is 7.64. The first-order valence-electron chi connectivity index (χ1n) is 10.3. The van der Waals surface area contributed by atoms with Gasteiger partial charge in [0.1, 0.15) is 5.52 Å². The van der Waals surface area contributed by atoms with Crippen LogP contribution in [0.5, 0.6) is 11.5 Å². The van der Waals surface area contributed by atoms with Crippen molar-refractivity contribution in [1.29, 1.82) is 0 Å². The van der Waals surface area contributed by atoms with Crippen LogP contribution in [-0.2, 0) is 0 Å². The number of fused-ring (bicyclic) bond motifs is 3. The maximum absolute atomic E-state index is 5.53. The minimum atomic E-state index is 0.230. The van der Waals surface area contributed by atoms with Gasteiger partial charge in [-0.1, -0.05) is 6.07 Å². The summed E-state index contributed by atoms with van der Waals surface area (Å²) < 4.78 is 11.0. The Labute approximate surface area is 186 Å². The second-order valence-corrected chi connectivity index (χ2v) is 7.64. The van der Waals surface area contributed by atoms with Crippen LogP contribution in [0, 0.1) is 0 Å². The van der Waals surface area contributed by atoms with Gasteiger partial charge in [-0.3, -0.25) is 15.1 Å². The largest absolute Gasteiger partial charge is 0.454 e. The van der Waals surface area contributed by atoms with Gasteiger partial charge in [0, 0.05) is 29.7 Å². The summed E-state index contributed by atoms with van der Waals surface area (Å²) in [4.78, 5) is 21.6. The van der Waals surface area contributed by atoms with Crippen molar-refractivity contribution < 1.29 is 9.47 Å². The van der Waals surface area contributed by atoms with E-state index in [2.05, 4.69) is 25.1 Å². The predicted molar refractivity (Wildman–Crippen MR) is 122 cm³/mol. The van der Waals surface area contributed by atoms with E-state index in [0.717, 1.165) is 50.2 Å². The number of aromatic amines is 2. The van der Waals surface area contributed by atoms with E-state index in [0.29, 0.717) is 17.3 Å². The number of hydrogen-bond donors (Lipinski definition) is 2. The van der Waals surface area contributed by atoms with E-state index < -0.39 is 0 Å². The van der Waals surface area contributed by atoms with E-state index >= 15 is 0 Å². The fourth-order valence-electron chi connectivity index (χ4n) is 4.06. The van der Waals surface area contributed by atoms with E-state index in [1.807, 2.05) is 42.5 Å². The molecule has 0 radical (unpaired) electrons. The molecule has 0 spiro atoms. The average molecular weight is 433 g/mol.